The molecule has 1 aliphatic carbocycles. The number of benzene rings is 2. The molecule has 0 saturated heterocycles. The summed E-state index contributed by atoms with van der Waals surface area (Å²) in [6, 6.07) is 1.54. The number of hydrogen-bond acceptors (Lipinski definition) is 3. The van der Waals surface area contributed by atoms with Gasteiger partial charge in [0.25, 0.3) is 0 Å². The van der Waals surface area contributed by atoms with Gasteiger partial charge >= 0.3 is 12.2 Å². The Labute approximate surface area is 202 Å². The van der Waals surface area contributed by atoms with Crippen LogP contribution in [0.4, 0.5) is 35.1 Å². The van der Waals surface area contributed by atoms with Crippen LogP contribution in [0.25, 0.3) is 0 Å². The lowest BCUT2D eigenvalue weighted by Crippen LogP contribution is -2.25. The third kappa shape index (κ3) is 7.04. The minimum Gasteiger partial charge on any atom is -0.493 e. The molecule has 1 fully saturated rings. The third-order valence-corrected chi connectivity index (χ3v) is 5.94. The summed E-state index contributed by atoms with van der Waals surface area (Å²) >= 11 is 0. The molecule has 0 unspecified atom stereocenters. The van der Waals surface area contributed by atoms with E-state index in [1.165, 1.54) is 0 Å². The quantitative estimate of drug-likeness (QED) is 0.231. The molecule has 0 bridgehead atoms. The van der Waals surface area contributed by atoms with E-state index in [0.29, 0.717) is 18.1 Å². The highest BCUT2D eigenvalue weighted by Gasteiger charge is 2.42. The van der Waals surface area contributed by atoms with Crippen LogP contribution in [0, 0.1) is 35.1 Å². The van der Waals surface area contributed by atoms with E-state index < -0.39 is 52.5 Å². The smallest absolute Gasteiger partial charge is 0.432 e. The summed E-state index contributed by atoms with van der Waals surface area (Å²) in [5.74, 6) is -8.62. The van der Waals surface area contributed by atoms with E-state index in [1.54, 1.807) is 0 Å². The molecule has 3 nitrogen and oxygen atoms in total. The minimum atomic E-state index is -4.68. The summed E-state index contributed by atoms with van der Waals surface area (Å²) in [5, 5.41) is 0. The SMILES string of the molecule is CCCC1CCC(COc2cc(F)c(C(F)(F)Oc3cc(F)c(OC=C(F)F)c(F)c3)c(F)c2)CC1. The van der Waals surface area contributed by atoms with E-state index >= 15 is 0 Å². The van der Waals surface area contributed by atoms with Gasteiger partial charge in [-0.2, -0.15) is 17.6 Å². The van der Waals surface area contributed by atoms with Crippen LogP contribution >= 0.6 is 0 Å². The maximum absolute atomic E-state index is 14.6. The monoisotopic (exact) mass is 524 g/mol. The molecule has 0 radical (unpaired) electrons. The molecule has 0 amide bonds. The highest BCUT2D eigenvalue weighted by molar-refractivity contribution is 5.37. The van der Waals surface area contributed by atoms with E-state index in [2.05, 4.69) is 16.4 Å². The second-order valence-electron chi connectivity index (χ2n) is 8.61. The summed E-state index contributed by atoms with van der Waals surface area (Å²) in [4.78, 5) is 0. The summed E-state index contributed by atoms with van der Waals surface area (Å²) in [6.45, 7) is 2.30. The van der Waals surface area contributed by atoms with Gasteiger partial charge in [-0.1, -0.05) is 32.6 Å². The predicted octanol–water partition coefficient (Wildman–Crippen LogP) is 8.47. The average Bonchev–Trinajstić information content (AvgIpc) is 2.77. The first-order chi connectivity index (χ1) is 17.0. The highest BCUT2D eigenvalue weighted by Crippen LogP contribution is 2.39. The Hall–Kier alpha value is -2.98. The number of halogens is 8. The van der Waals surface area contributed by atoms with Gasteiger partial charge in [-0.3, -0.25) is 0 Å². The van der Waals surface area contributed by atoms with Crippen molar-refractivity contribution in [2.45, 2.75) is 51.6 Å². The van der Waals surface area contributed by atoms with Gasteiger partial charge < -0.3 is 14.2 Å². The summed E-state index contributed by atoms with van der Waals surface area (Å²) in [6.07, 6.45) is -1.23. The standard InChI is InChI=1S/C25H24F8O3/c1-2-3-14-4-6-15(7-5-14)12-34-16-8-18(26)23(19(27)9-16)25(32,33)36-17-10-20(28)24(21(29)11-17)35-13-22(30)31/h8-11,13-15H,2-7,12H2,1H3. The van der Waals surface area contributed by atoms with Crippen LogP contribution in [-0.4, -0.2) is 6.61 Å². The molecule has 36 heavy (non-hydrogen) atoms. The van der Waals surface area contributed by atoms with Gasteiger partial charge in [0, 0.05) is 24.3 Å². The zero-order valence-corrected chi connectivity index (χ0v) is 19.2. The molecule has 0 N–H and O–H groups in total. The van der Waals surface area contributed by atoms with Gasteiger partial charge in [0.2, 0.25) is 0 Å². The van der Waals surface area contributed by atoms with Gasteiger partial charge in [0.15, 0.2) is 23.6 Å². The van der Waals surface area contributed by atoms with E-state index in [1.807, 2.05) is 0 Å². The third-order valence-electron chi connectivity index (χ3n) is 5.94. The van der Waals surface area contributed by atoms with Gasteiger partial charge in [-0.25, -0.2) is 17.6 Å². The van der Waals surface area contributed by atoms with Crippen LogP contribution in [-0.2, 0) is 6.11 Å². The maximum atomic E-state index is 14.6. The van der Waals surface area contributed by atoms with Crippen LogP contribution in [0.1, 0.15) is 51.0 Å². The molecular weight excluding hydrogens is 500 g/mol. The molecule has 1 saturated carbocycles. The first-order valence-corrected chi connectivity index (χ1v) is 11.4. The predicted molar refractivity (Wildman–Crippen MR) is 114 cm³/mol. The molecule has 0 heterocycles. The first kappa shape index (κ1) is 27.6. The van der Waals surface area contributed by atoms with Crippen molar-refractivity contribution in [3.8, 4) is 17.2 Å². The van der Waals surface area contributed by atoms with Crippen LogP contribution in [0.2, 0.25) is 0 Å². The Morgan fingerprint density at radius 1 is 0.861 bits per heavy atom. The second kappa shape index (κ2) is 11.8. The fourth-order valence-corrected chi connectivity index (χ4v) is 4.23. The van der Waals surface area contributed by atoms with E-state index in [-0.39, 0.29) is 36.7 Å². The molecule has 1 aliphatic rings. The highest BCUT2D eigenvalue weighted by atomic mass is 19.3. The lowest BCUT2D eigenvalue weighted by molar-refractivity contribution is -0.189. The normalized spacial score (nSPS) is 18.0. The van der Waals surface area contributed by atoms with Crippen LogP contribution < -0.4 is 14.2 Å². The van der Waals surface area contributed by atoms with Crippen molar-refractivity contribution in [2.24, 2.45) is 11.8 Å². The summed E-state index contributed by atoms with van der Waals surface area (Å²) in [7, 11) is 0. The largest absolute Gasteiger partial charge is 0.493 e. The van der Waals surface area contributed by atoms with Gasteiger partial charge in [0.1, 0.15) is 28.7 Å². The Morgan fingerprint density at radius 3 is 1.92 bits per heavy atom. The zero-order chi connectivity index (χ0) is 26.5. The van der Waals surface area contributed by atoms with E-state index in [9.17, 15) is 35.1 Å². The zero-order valence-electron chi connectivity index (χ0n) is 19.2. The summed E-state index contributed by atoms with van der Waals surface area (Å²) in [5.41, 5.74) is -1.79. The molecule has 0 aromatic heterocycles. The Morgan fingerprint density at radius 2 is 1.39 bits per heavy atom. The summed E-state index contributed by atoms with van der Waals surface area (Å²) < 4.78 is 124. The molecule has 198 valence electrons. The Bertz CT molecular complexity index is 1030. The number of alkyl halides is 2. The van der Waals surface area contributed by atoms with Crippen molar-refractivity contribution < 1.29 is 49.3 Å². The Kier molecular flexibility index (Phi) is 9.08. The van der Waals surface area contributed by atoms with E-state index in [0.717, 1.165) is 38.5 Å². The fraction of sp³-hybridized carbons (Fsp3) is 0.440. The van der Waals surface area contributed by atoms with Crippen molar-refractivity contribution in [3.63, 3.8) is 0 Å². The molecule has 3 rings (SSSR count). The fourth-order valence-electron chi connectivity index (χ4n) is 4.23. The molecule has 2 aromatic carbocycles. The first-order valence-electron chi connectivity index (χ1n) is 11.4. The molecule has 0 aliphatic heterocycles. The van der Waals surface area contributed by atoms with Crippen molar-refractivity contribution in [2.75, 3.05) is 6.61 Å². The van der Waals surface area contributed by atoms with Gasteiger partial charge in [-0.05, 0) is 24.7 Å². The lowest BCUT2D eigenvalue weighted by Gasteiger charge is -2.28. The number of ether oxygens (including phenoxy) is 3. The van der Waals surface area contributed by atoms with Crippen LogP contribution in [0.15, 0.2) is 36.6 Å². The Balaban J connectivity index is 1.69. The molecular formula is C25H24F8O3. The number of rotatable bonds is 10. The van der Waals surface area contributed by atoms with Crippen molar-refractivity contribution in [1.29, 1.82) is 0 Å². The maximum Gasteiger partial charge on any atom is 0.432 e. The molecule has 0 spiro atoms. The van der Waals surface area contributed by atoms with Crippen LogP contribution in [0.3, 0.4) is 0 Å². The van der Waals surface area contributed by atoms with Crippen LogP contribution in [0.5, 0.6) is 17.2 Å². The van der Waals surface area contributed by atoms with Crippen molar-refractivity contribution in [3.05, 3.63) is 65.4 Å². The molecule has 11 heteroatoms. The lowest BCUT2D eigenvalue weighted by atomic mass is 9.80. The van der Waals surface area contributed by atoms with Gasteiger partial charge in [0.05, 0.1) is 6.61 Å². The van der Waals surface area contributed by atoms with Crippen molar-refractivity contribution in [1.82, 2.24) is 0 Å². The minimum absolute atomic E-state index is 0.179. The van der Waals surface area contributed by atoms with Gasteiger partial charge in [-0.15, -0.1) is 0 Å². The van der Waals surface area contributed by atoms with E-state index in [4.69, 9.17) is 4.74 Å². The topological polar surface area (TPSA) is 27.7 Å². The molecule has 0 atom stereocenters. The molecule has 2 aromatic rings. The average molecular weight is 524 g/mol. The second-order valence-corrected chi connectivity index (χ2v) is 8.61. The number of hydrogen-bond donors (Lipinski definition) is 0. The van der Waals surface area contributed by atoms with Crippen molar-refractivity contribution >= 4 is 0 Å².